The van der Waals surface area contributed by atoms with Crippen molar-refractivity contribution in [2.75, 3.05) is 51.4 Å². The summed E-state index contributed by atoms with van der Waals surface area (Å²) < 4.78 is 75.7. The molecule has 1 aromatic rings. The number of nitrogens with zero attached hydrogens (tertiary/aromatic N) is 2. The molecule has 0 saturated heterocycles. The summed E-state index contributed by atoms with van der Waals surface area (Å²) in [5, 5.41) is 0. The van der Waals surface area contributed by atoms with E-state index >= 15 is 0 Å². The number of carbonyl (C=O) groups is 1. The molecule has 8 nitrogen and oxygen atoms in total. The fraction of sp³-hybridized carbons (Fsp3) is 0.667. The highest BCUT2D eigenvalue weighted by molar-refractivity contribution is 7.92. The zero-order valence-corrected chi connectivity index (χ0v) is 20.3. The number of sulfonamides is 1. The third-order valence-corrected chi connectivity index (χ3v) is 6.17. The molecule has 188 valence electrons. The van der Waals surface area contributed by atoms with E-state index < -0.39 is 34.6 Å². The molecule has 0 aliphatic carbocycles. The number of fused-ring (bicyclic) bond motifs is 1. The van der Waals surface area contributed by atoms with Crippen LogP contribution < -0.4 is 9.46 Å². The first-order valence-electron chi connectivity index (χ1n) is 10.5. The van der Waals surface area contributed by atoms with Crippen LogP contribution in [-0.4, -0.2) is 89.1 Å². The number of nitrogens with one attached hydrogen (secondary N) is 1. The van der Waals surface area contributed by atoms with Gasteiger partial charge in [0.1, 0.15) is 12.4 Å². The number of methoxy groups -OCH3 is 1. The number of amides is 1. The first kappa shape index (κ1) is 27.2. The molecule has 0 bridgehead atoms. The Morgan fingerprint density at radius 3 is 2.48 bits per heavy atom. The summed E-state index contributed by atoms with van der Waals surface area (Å²) in [6, 6.07) is 3.95. The van der Waals surface area contributed by atoms with Gasteiger partial charge in [0.05, 0.1) is 24.3 Å². The second-order valence-corrected chi connectivity index (χ2v) is 10.3. The van der Waals surface area contributed by atoms with Crippen molar-refractivity contribution in [3.8, 4) is 5.75 Å². The Kier molecular flexibility index (Phi) is 9.00. The number of rotatable bonds is 5. The lowest BCUT2D eigenvalue weighted by atomic mass is 10.0. The van der Waals surface area contributed by atoms with E-state index in [1.54, 1.807) is 18.9 Å². The van der Waals surface area contributed by atoms with E-state index in [1.807, 2.05) is 6.92 Å². The standard InChI is InChI=1S/C21H32F3N3O5S/c1-14-11-27(9-8-21(22,23)24)15(2)13-32-18-7-6-16(25-33(5,29)30)10-17(18)20(28)26(3)12-19(14)31-4/h6-7,10,14-15,19,25H,8-9,11-13H2,1-5H3/t14-,15+,19+/m1/s1. The fourth-order valence-corrected chi connectivity index (χ4v) is 4.27. The van der Waals surface area contributed by atoms with Gasteiger partial charge in [0.15, 0.2) is 0 Å². The molecule has 1 heterocycles. The number of alkyl halides is 3. The molecule has 3 atom stereocenters. The predicted molar refractivity (Wildman–Crippen MR) is 119 cm³/mol. The number of carbonyl (C=O) groups excluding carboxylic acids is 1. The van der Waals surface area contributed by atoms with Crippen LogP contribution in [0.3, 0.4) is 0 Å². The number of hydrogen-bond acceptors (Lipinski definition) is 6. The largest absolute Gasteiger partial charge is 0.491 e. The van der Waals surface area contributed by atoms with Gasteiger partial charge in [-0.3, -0.25) is 14.4 Å². The van der Waals surface area contributed by atoms with Gasteiger partial charge in [0, 0.05) is 45.5 Å². The Labute approximate surface area is 193 Å². The van der Waals surface area contributed by atoms with Crippen LogP contribution >= 0.6 is 0 Å². The summed E-state index contributed by atoms with van der Waals surface area (Å²) in [4.78, 5) is 16.3. The molecule has 2 rings (SSSR count). The van der Waals surface area contributed by atoms with Crippen LogP contribution in [0.1, 0.15) is 30.6 Å². The quantitative estimate of drug-likeness (QED) is 0.676. The molecule has 33 heavy (non-hydrogen) atoms. The van der Waals surface area contributed by atoms with Crippen LogP contribution in [0.15, 0.2) is 18.2 Å². The van der Waals surface area contributed by atoms with Gasteiger partial charge in [-0.15, -0.1) is 0 Å². The lowest BCUT2D eigenvalue weighted by Crippen LogP contribution is -2.47. The molecule has 0 spiro atoms. The average Bonchev–Trinajstić information content (AvgIpc) is 2.70. The molecule has 1 N–H and O–H groups in total. The summed E-state index contributed by atoms with van der Waals surface area (Å²) in [6.45, 7) is 4.03. The first-order valence-corrected chi connectivity index (χ1v) is 12.4. The molecule has 1 amide bonds. The van der Waals surface area contributed by atoms with E-state index in [2.05, 4.69) is 4.72 Å². The Morgan fingerprint density at radius 1 is 1.24 bits per heavy atom. The van der Waals surface area contributed by atoms with Crippen LogP contribution in [0.2, 0.25) is 0 Å². The smallest absolute Gasteiger partial charge is 0.390 e. The summed E-state index contributed by atoms with van der Waals surface area (Å²) >= 11 is 0. The monoisotopic (exact) mass is 495 g/mol. The average molecular weight is 496 g/mol. The van der Waals surface area contributed by atoms with Gasteiger partial charge in [-0.25, -0.2) is 8.42 Å². The van der Waals surface area contributed by atoms with E-state index in [1.165, 1.54) is 30.2 Å². The van der Waals surface area contributed by atoms with Crippen molar-refractivity contribution in [1.82, 2.24) is 9.80 Å². The minimum atomic E-state index is -4.28. The topological polar surface area (TPSA) is 88.2 Å². The molecule has 12 heteroatoms. The molecule has 0 fully saturated rings. The Hall–Kier alpha value is -2.05. The van der Waals surface area contributed by atoms with Crippen molar-refractivity contribution in [1.29, 1.82) is 0 Å². The van der Waals surface area contributed by atoms with Gasteiger partial charge in [0.2, 0.25) is 10.0 Å². The van der Waals surface area contributed by atoms with Gasteiger partial charge in [0.25, 0.3) is 5.91 Å². The highest BCUT2D eigenvalue weighted by Gasteiger charge is 2.32. The van der Waals surface area contributed by atoms with Crippen LogP contribution in [-0.2, 0) is 14.8 Å². The summed E-state index contributed by atoms with van der Waals surface area (Å²) in [5.74, 6) is -0.340. The number of ether oxygens (including phenoxy) is 2. The van der Waals surface area contributed by atoms with Crippen molar-refractivity contribution >= 4 is 21.6 Å². The number of benzene rings is 1. The molecule has 0 saturated carbocycles. The Morgan fingerprint density at radius 2 is 1.91 bits per heavy atom. The van der Waals surface area contributed by atoms with Gasteiger partial charge in [-0.1, -0.05) is 6.92 Å². The van der Waals surface area contributed by atoms with Crippen LogP contribution in [0, 0.1) is 5.92 Å². The van der Waals surface area contributed by atoms with Crippen molar-refractivity contribution < 1.29 is 35.9 Å². The number of likely N-dealkylation sites (N-methyl/N-ethyl adjacent to an activating group) is 1. The highest BCUT2D eigenvalue weighted by Crippen LogP contribution is 2.27. The maximum absolute atomic E-state index is 13.2. The lowest BCUT2D eigenvalue weighted by Gasteiger charge is -2.36. The van der Waals surface area contributed by atoms with Crippen LogP contribution in [0.5, 0.6) is 5.75 Å². The number of halogens is 3. The van der Waals surface area contributed by atoms with Gasteiger partial charge >= 0.3 is 6.18 Å². The number of hydrogen-bond donors (Lipinski definition) is 1. The second kappa shape index (κ2) is 10.9. The number of anilines is 1. The molecule has 1 aromatic carbocycles. The zero-order valence-electron chi connectivity index (χ0n) is 19.5. The van der Waals surface area contributed by atoms with Gasteiger partial charge in [-0.2, -0.15) is 13.2 Å². The highest BCUT2D eigenvalue weighted by atomic mass is 32.2. The van der Waals surface area contributed by atoms with Crippen molar-refractivity contribution in [3.05, 3.63) is 23.8 Å². The molecule has 0 radical (unpaired) electrons. The third-order valence-electron chi connectivity index (χ3n) is 5.56. The second-order valence-electron chi connectivity index (χ2n) is 8.54. The molecular formula is C21H32F3N3O5S. The van der Waals surface area contributed by atoms with Crippen LogP contribution in [0.25, 0.3) is 0 Å². The minimum absolute atomic E-state index is 0.0467. The zero-order chi connectivity index (χ0) is 25.0. The summed E-state index contributed by atoms with van der Waals surface area (Å²) in [5.41, 5.74) is 0.341. The molecule has 1 aliphatic rings. The van der Waals surface area contributed by atoms with E-state index in [9.17, 15) is 26.4 Å². The van der Waals surface area contributed by atoms with E-state index in [0.29, 0.717) is 6.54 Å². The van der Waals surface area contributed by atoms with Gasteiger partial charge < -0.3 is 14.4 Å². The van der Waals surface area contributed by atoms with Crippen molar-refractivity contribution in [2.45, 2.75) is 38.6 Å². The third kappa shape index (κ3) is 8.35. The Bertz CT molecular complexity index is 926. The Balaban J connectivity index is 2.42. The molecule has 1 aliphatic heterocycles. The van der Waals surface area contributed by atoms with Gasteiger partial charge in [-0.05, 0) is 31.0 Å². The minimum Gasteiger partial charge on any atom is -0.491 e. The predicted octanol–water partition coefficient (Wildman–Crippen LogP) is 2.82. The van der Waals surface area contributed by atoms with Crippen LogP contribution in [0.4, 0.5) is 18.9 Å². The molecular weight excluding hydrogens is 463 g/mol. The molecule has 0 aromatic heterocycles. The molecule has 0 unspecified atom stereocenters. The maximum Gasteiger partial charge on any atom is 0.390 e. The summed E-state index contributed by atoms with van der Waals surface area (Å²) in [7, 11) is -0.483. The van der Waals surface area contributed by atoms with Crippen molar-refractivity contribution in [2.24, 2.45) is 5.92 Å². The van der Waals surface area contributed by atoms with E-state index in [4.69, 9.17) is 9.47 Å². The normalized spacial score (nSPS) is 23.8. The van der Waals surface area contributed by atoms with E-state index in [-0.39, 0.29) is 48.7 Å². The fourth-order valence-electron chi connectivity index (χ4n) is 3.71. The first-order chi connectivity index (χ1) is 15.2. The SMILES string of the molecule is CO[C@H]1CN(C)C(=O)c2cc(NS(C)(=O)=O)ccc2OC[C@H](C)N(CCC(F)(F)F)C[C@H]1C. The maximum atomic E-state index is 13.2. The lowest BCUT2D eigenvalue weighted by molar-refractivity contribution is -0.140. The van der Waals surface area contributed by atoms with E-state index in [0.717, 1.165) is 6.26 Å². The van der Waals surface area contributed by atoms with Crippen molar-refractivity contribution in [3.63, 3.8) is 0 Å². The summed E-state index contributed by atoms with van der Waals surface area (Å²) in [6.07, 6.45) is -4.65.